The van der Waals surface area contributed by atoms with Gasteiger partial charge in [-0.2, -0.15) is 0 Å². The fourth-order valence-corrected chi connectivity index (χ4v) is 2.93. The Bertz CT molecular complexity index is 648. The Morgan fingerprint density at radius 1 is 1.19 bits per heavy atom. The van der Waals surface area contributed by atoms with Gasteiger partial charge in [0.05, 0.1) is 16.7 Å². The predicted molar refractivity (Wildman–Crippen MR) is 76.9 cm³/mol. The van der Waals surface area contributed by atoms with Gasteiger partial charge in [0.25, 0.3) is 11.8 Å². The Hall–Kier alpha value is -2.21. The molecule has 0 spiro atoms. The van der Waals surface area contributed by atoms with E-state index in [4.69, 9.17) is 5.73 Å². The van der Waals surface area contributed by atoms with Gasteiger partial charge in [-0.25, -0.2) is 0 Å². The van der Waals surface area contributed by atoms with E-state index in [0.717, 1.165) is 17.7 Å². The molecule has 1 aliphatic heterocycles. The third-order valence-electron chi connectivity index (χ3n) is 4.30. The number of fused-ring (bicyclic) bond motifs is 1. The molecular formula is C15H17N3O3. The van der Waals surface area contributed by atoms with E-state index in [1.54, 1.807) is 12.1 Å². The SMILES string of the molecule is CN1C(=O)c2ccc(NC(=O)C3(N)CCCC3)cc2C1=O. The zero-order valence-electron chi connectivity index (χ0n) is 11.8. The van der Waals surface area contributed by atoms with E-state index in [9.17, 15) is 14.4 Å². The van der Waals surface area contributed by atoms with Crippen LogP contribution >= 0.6 is 0 Å². The Balaban J connectivity index is 1.84. The van der Waals surface area contributed by atoms with Crippen molar-refractivity contribution >= 4 is 23.4 Å². The number of anilines is 1. The maximum atomic E-state index is 12.2. The number of hydrogen-bond acceptors (Lipinski definition) is 4. The molecule has 1 aromatic carbocycles. The highest BCUT2D eigenvalue weighted by Crippen LogP contribution is 2.29. The van der Waals surface area contributed by atoms with Crippen LogP contribution in [0.2, 0.25) is 0 Å². The highest BCUT2D eigenvalue weighted by Gasteiger charge is 2.37. The number of amides is 3. The normalized spacial score (nSPS) is 19.8. The lowest BCUT2D eigenvalue weighted by molar-refractivity contribution is -0.121. The lowest BCUT2D eigenvalue weighted by Crippen LogP contribution is -2.48. The summed E-state index contributed by atoms with van der Waals surface area (Å²) in [7, 11) is 1.44. The molecule has 110 valence electrons. The van der Waals surface area contributed by atoms with Gasteiger partial charge in [-0.1, -0.05) is 12.8 Å². The van der Waals surface area contributed by atoms with Crippen molar-refractivity contribution in [3.05, 3.63) is 29.3 Å². The average molecular weight is 287 g/mol. The van der Waals surface area contributed by atoms with Gasteiger partial charge in [0.2, 0.25) is 5.91 Å². The van der Waals surface area contributed by atoms with Crippen molar-refractivity contribution in [3.63, 3.8) is 0 Å². The molecule has 21 heavy (non-hydrogen) atoms. The fourth-order valence-electron chi connectivity index (χ4n) is 2.93. The Kier molecular flexibility index (Phi) is 3.06. The number of nitrogens with two attached hydrogens (primary N) is 1. The molecule has 1 aromatic rings. The van der Waals surface area contributed by atoms with Crippen molar-refractivity contribution in [1.29, 1.82) is 0 Å². The van der Waals surface area contributed by atoms with Gasteiger partial charge in [0.15, 0.2) is 0 Å². The number of carbonyl (C=O) groups excluding carboxylic acids is 3. The van der Waals surface area contributed by atoms with Crippen LogP contribution in [0.4, 0.5) is 5.69 Å². The van der Waals surface area contributed by atoms with E-state index >= 15 is 0 Å². The quantitative estimate of drug-likeness (QED) is 0.797. The number of nitrogens with zero attached hydrogens (tertiary/aromatic N) is 1. The molecular weight excluding hydrogens is 270 g/mol. The maximum absolute atomic E-state index is 12.2. The molecule has 0 radical (unpaired) electrons. The van der Waals surface area contributed by atoms with Gasteiger partial charge in [-0.15, -0.1) is 0 Å². The summed E-state index contributed by atoms with van der Waals surface area (Å²) < 4.78 is 0. The number of nitrogens with one attached hydrogen (secondary N) is 1. The van der Waals surface area contributed by atoms with Gasteiger partial charge in [-0.05, 0) is 31.0 Å². The molecule has 0 unspecified atom stereocenters. The number of benzene rings is 1. The summed E-state index contributed by atoms with van der Waals surface area (Å²) in [5.41, 5.74) is 6.44. The molecule has 1 saturated carbocycles. The molecule has 0 aromatic heterocycles. The highest BCUT2D eigenvalue weighted by molar-refractivity contribution is 6.21. The summed E-state index contributed by atoms with van der Waals surface area (Å²) in [6.45, 7) is 0. The Morgan fingerprint density at radius 2 is 1.81 bits per heavy atom. The Labute approximate surface area is 122 Å². The van der Waals surface area contributed by atoms with Gasteiger partial charge in [-0.3, -0.25) is 19.3 Å². The van der Waals surface area contributed by atoms with Gasteiger partial charge in [0.1, 0.15) is 0 Å². The van der Waals surface area contributed by atoms with Crippen LogP contribution in [-0.2, 0) is 4.79 Å². The smallest absolute Gasteiger partial charge is 0.261 e. The molecule has 1 fully saturated rings. The molecule has 0 saturated heterocycles. The van der Waals surface area contributed by atoms with Crippen LogP contribution in [0.5, 0.6) is 0 Å². The number of hydrogen-bond donors (Lipinski definition) is 2. The molecule has 1 heterocycles. The second kappa shape index (κ2) is 4.66. The third kappa shape index (κ3) is 2.12. The van der Waals surface area contributed by atoms with E-state index in [0.29, 0.717) is 29.7 Å². The maximum Gasteiger partial charge on any atom is 0.261 e. The summed E-state index contributed by atoms with van der Waals surface area (Å²) in [5, 5.41) is 2.76. The average Bonchev–Trinajstić information content (AvgIpc) is 3.00. The predicted octanol–water partition coefficient (Wildman–Crippen LogP) is 1.12. The lowest BCUT2D eigenvalue weighted by atomic mass is 9.98. The first-order valence-electron chi connectivity index (χ1n) is 6.99. The number of carbonyl (C=O) groups is 3. The van der Waals surface area contributed by atoms with Crippen LogP contribution in [-0.4, -0.2) is 35.2 Å². The first-order chi connectivity index (χ1) is 9.92. The second-order valence-corrected chi connectivity index (χ2v) is 5.75. The molecule has 6 heteroatoms. The van der Waals surface area contributed by atoms with Crippen LogP contribution < -0.4 is 11.1 Å². The molecule has 3 rings (SSSR count). The van der Waals surface area contributed by atoms with Crippen LogP contribution in [0.25, 0.3) is 0 Å². The molecule has 3 amide bonds. The van der Waals surface area contributed by atoms with Gasteiger partial charge < -0.3 is 11.1 Å². The van der Waals surface area contributed by atoms with E-state index in [1.807, 2.05) is 0 Å². The van der Waals surface area contributed by atoms with E-state index in [-0.39, 0.29) is 17.7 Å². The largest absolute Gasteiger partial charge is 0.324 e. The van der Waals surface area contributed by atoms with Crippen LogP contribution in [0.1, 0.15) is 46.4 Å². The van der Waals surface area contributed by atoms with Crippen molar-refractivity contribution in [2.24, 2.45) is 5.73 Å². The monoisotopic (exact) mass is 287 g/mol. The molecule has 2 aliphatic rings. The van der Waals surface area contributed by atoms with E-state index in [2.05, 4.69) is 5.32 Å². The number of imide groups is 1. The number of rotatable bonds is 2. The lowest BCUT2D eigenvalue weighted by Gasteiger charge is -2.22. The molecule has 6 nitrogen and oxygen atoms in total. The van der Waals surface area contributed by atoms with Crippen LogP contribution in [0.15, 0.2) is 18.2 Å². The van der Waals surface area contributed by atoms with Gasteiger partial charge in [0, 0.05) is 12.7 Å². The molecule has 0 bridgehead atoms. The molecule has 1 aliphatic carbocycles. The summed E-state index contributed by atoms with van der Waals surface area (Å²) in [6.07, 6.45) is 3.24. The summed E-state index contributed by atoms with van der Waals surface area (Å²) in [6, 6.07) is 4.72. The fraction of sp³-hybridized carbons (Fsp3) is 0.400. The molecule has 3 N–H and O–H groups in total. The van der Waals surface area contributed by atoms with E-state index in [1.165, 1.54) is 13.1 Å². The Morgan fingerprint density at radius 3 is 2.48 bits per heavy atom. The van der Waals surface area contributed by atoms with Crippen molar-refractivity contribution in [3.8, 4) is 0 Å². The van der Waals surface area contributed by atoms with Crippen molar-refractivity contribution in [2.45, 2.75) is 31.2 Å². The van der Waals surface area contributed by atoms with Gasteiger partial charge >= 0.3 is 0 Å². The summed E-state index contributed by atoms with van der Waals surface area (Å²) >= 11 is 0. The van der Waals surface area contributed by atoms with Crippen molar-refractivity contribution in [1.82, 2.24) is 4.90 Å². The minimum Gasteiger partial charge on any atom is -0.324 e. The van der Waals surface area contributed by atoms with E-state index < -0.39 is 5.54 Å². The third-order valence-corrected chi connectivity index (χ3v) is 4.30. The first-order valence-corrected chi connectivity index (χ1v) is 6.99. The van der Waals surface area contributed by atoms with Crippen LogP contribution in [0, 0.1) is 0 Å². The van der Waals surface area contributed by atoms with Crippen LogP contribution in [0.3, 0.4) is 0 Å². The second-order valence-electron chi connectivity index (χ2n) is 5.75. The standard InChI is InChI=1S/C15H17N3O3/c1-18-12(19)10-5-4-9(8-11(10)13(18)20)17-14(21)15(16)6-2-3-7-15/h4-5,8H,2-3,6-7,16H2,1H3,(H,17,21). The topological polar surface area (TPSA) is 92.5 Å². The summed E-state index contributed by atoms with van der Waals surface area (Å²) in [4.78, 5) is 37.0. The summed E-state index contributed by atoms with van der Waals surface area (Å²) in [5.74, 6) is -0.904. The zero-order valence-corrected chi connectivity index (χ0v) is 11.8. The first kappa shape index (κ1) is 13.8. The zero-order chi connectivity index (χ0) is 15.2. The minimum atomic E-state index is -0.824. The highest BCUT2D eigenvalue weighted by atomic mass is 16.2. The molecule has 0 atom stereocenters. The minimum absolute atomic E-state index is 0.231. The van der Waals surface area contributed by atoms with Crippen molar-refractivity contribution < 1.29 is 14.4 Å². The van der Waals surface area contributed by atoms with Crippen molar-refractivity contribution in [2.75, 3.05) is 12.4 Å².